The minimum atomic E-state index is -0.440. The maximum absolute atomic E-state index is 11.8. The van der Waals surface area contributed by atoms with Crippen molar-refractivity contribution in [3.05, 3.63) is 77.3 Å². The Morgan fingerprint density at radius 2 is 1.71 bits per heavy atom. The Bertz CT molecular complexity index is 1000. The third-order valence-electron chi connectivity index (χ3n) is 3.81. The number of rotatable bonds is 7. The van der Waals surface area contributed by atoms with Crippen LogP contribution < -0.4 is 15.5 Å². The van der Waals surface area contributed by atoms with Gasteiger partial charge in [-0.05, 0) is 40.6 Å². The van der Waals surface area contributed by atoms with Crippen LogP contribution in [-0.2, 0) is 9.59 Å². The predicted molar refractivity (Wildman–Crippen MR) is 110 cm³/mol. The van der Waals surface area contributed by atoms with Gasteiger partial charge in [-0.2, -0.15) is 5.10 Å². The SMILES string of the molecule is O=C(COc1ccc2ccccc2c1)NCC(=O)NN=Cc1ccc(Cl)cc1. The van der Waals surface area contributed by atoms with Crippen molar-refractivity contribution < 1.29 is 14.3 Å². The summed E-state index contributed by atoms with van der Waals surface area (Å²) in [6.07, 6.45) is 1.49. The molecule has 28 heavy (non-hydrogen) atoms. The molecule has 0 radical (unpaired) electrons. The number of halogens is 1. The number of ether oxygens (including phenoxy) is 1. The summed E-state index contributed by atoms with van der Waals surface area (Å²) in [4.78, 5) is 23.6. The standard InChI is InChI=1S/C21H18ClN3O3/c22-18-8-5-15(6-9-18)12-24-25-20(26)13-23-21(27)14-28-19-10-7-16-3-1-2-4-17(16)11-19/h1-12H,13-14H2,(H,23,27)(H,25,26). The summed E-state index contributed by atoms with van der Waals surface area (Å²) in [7, 11) is 0. The van der Waals surface area contributed by atoms with E-state index in [9.17, 15) is 9.59 Å². The van der Waals surface area contributed by atoms with E-state index < -0.39 is 11.8 Å². The van der Waals surface area contributed by atoms with E-state index in [-0.39, 0.29) is 13.2 Å². The van der Waals surface area contributed by atoms with Gasteiger partial charge >= 0.3 is 0 Å². The second kappa shape index (κ2) is 9.53. The zero-order valence-electron chi connectivity index (χ0n) is 14.9. The molecule has 0 saturated heterocycles. The molecule has 0 unspecified atom stereocenters. The highest BCUT2D eigenvalue weighted by molar-refractivity contribution is 6.30. The first-order chi connectivity index (χ1) is 13.6. The van der Waals surface area contributed by atoms with Crippen LogP contribution in [0.25, 0.3) is 10.8 Å². The van der Waals surface area contributed by atoms with E-state index in [4.69, 9.17) is 16.3 Å². The smallest absolute Gasteiger partial charge is 0.259 e. The van der Waals surface area contributed by atoms with Gasteiger partial charge in [0.1, 0.15) is 5.75 Å². The maximum atomic E-state index is 11.8. The number of hydrogen-bond acceptors (Lipinski definition) is 4. The summed E-state index contributed by atoms with van der Waals surface area (Å²) < 4.78 is 5.47. The Morgan fingerprint density at radius 3 is 2.50 bits per heavy atom. The first-order valence-corrected chi connectivity index (χ1v) is 8.94. The van der Waals surface area contributed by atoms with Gasteiger partial charge in [0.2, 0.25) is 0 Å². The van der Waals surface area contributed by atoms with E-state index in [1.807, 2.05) is 36.4 Å². The second-order valence-electron chi connectivity index (χ2n) is 5.92. The van der Waals surface area contributed by atoms with Crippen LogP contribution in [0.5, 0.6) is 5.75 Å². The highest BCUT2D eigenvalue weighted by Gasteiger charge is 2.06. The van der Waals surface area contributed by atoms with Crippen LogP contribution >= 0.6 is 11.6 Å². The van der Waals surface area contributed by atoms with Gasteiger partial charge in [-0.25, -0.2) is 5.43 Å². The number of nitrogens with zero attached hydrogens (tertiary/aromatic N) is 1. The molecule has 2 amide bonds. The van der Waals surface area contributed by atoms with Crippen LogP contribution in [0.15, 0.2) is 71.8 Å². The fourth-order valence-electron chi connectivity index (χ4n) is 2.40. The van der Waals surface area contributed by atoms with Crippen LogP contribution in [-0.4, -0.2) is 31.2 Å². The highest BCUT2D eigenvalue weighted by Crippen LogP contribution is 2.20. The monoisotopic (exact) mass is 395 g/mol. The van der Waals surface area contributed by atoms with Crippen molar-refractivity contribution >= 4 is 40.4 Å². The van der Waals surface area contributed by atoms with Gasteiger partial charge in [-0.1, -0.05) is 54.1 Å². The van der Waals surface area contributed by atoms with Crippen molar-refractivity contribution in [3.63, 3.8) is 0 Å². The second-order valence-corrected chi connectivity index (χ2v) is 6.36. The number of carbonyl (C=O) groups excluding carboxylic acids is 2. The van der Waals surface area contributed by atoms with Crippen molar-refractivity contribution in [2.24, 2.45) is 5.10 Å². The molecule has 0 fully saturated rings. The predicted octanol–water partition coefficient (Wildman–Crippen LogP) is 3.14. The first kappa shape index (κ1) is 19.4. The lowest BCUT2D eigenvalue weighted by Gasteiger charge is -2.08. The molecule has 2 N–H and O–H groups in total. The van der Waals surface area contributed by atoms with Crippen LogP contribution in [0.3, 0.4) is 0 Å². The van der Waals surface area contributed by atoms with E-state index >= 15 is 0 Å². The maximum Gasteiger partial charge on any atom is 0.259 e. The van der Waals surface area contributed by atoms with Crippen LogP contribution in [0.4, 0.5) is 0 Å². The van der Waals surface area contributed by atoms with Crippen molar-refractivity contribution in [1.29, 1.82) is 0 Å². The Hall–Kier alpha value is -3.38. The van der Waals surface area contributed by atoms with Gasteiger partial charge in [0.05, 0.1) is 12.8 Å². The van der Waals surface area contributed by atoms with Crippen molar-refractivity contribution in [3.8, 4) is 5.75 Å². The quantitative estimate of drug-likeness (QED) is 0.476. The Labute approximate surface area is 167 Å². The lowest BCUT2D eigenvalue weighted by Crippen LogP contribution is -2.37. The first-order valence-electron chi connectivity index (χ1n) is 8.56. The van der Waals surface area contributed by atoms with E-state index in [2.05, 4.69) is 15.8 Å². The molecule has 6 nitrogen and oxygen atoms in total. The number of benzene rings is 3. The third-order valence-corrected chi connectivity index (χ3v) is 4.06. The third kappa shape index (κ3) is 5.82. The Balaban J connectivity index is 1.39. The molecule has 142 valence electrons. The summed E-state index contributed by atoms with van der Waals surface area (Å²) >= 11 is 5.79. The zero-order chi connectivity index (χ0) is 19.8. The minimum Gasteiger partial charge on any atom is -0.484 e. The van der Waals surface area contributed by atoms with Gasteiger partial charge in [0.15, 0.2) is 6.61 Å². The molecule has 0 atom stereocenters. The van der Waals surface area contributed by atoms with E-state index in [1.54, 1.807) is 30.3 Å². The van der Waals surface area contributed by atoms with Crippen molar-refractivity contribution in [2.45, 2.75) is 0 Å². The van der Waals surface area contributed by atoms with Crippen molar-refractivity contribution in [2.75, 3.05) is 13.2 Å². The lowest BCUT2D eigenvalue weighted by atomic mass is 10.1. The molecule has 3 rings (SSSR count). The largest absolute Gasteiger partial charge is 0.484 e. The average Bonchev–Trinajstić information content (AvgIpc) is 2.72. The van der Waals surface area contributed by atoms with E-state index in [0.29, 0.717) is 10.8 Å². The molecule has 0 aromatic heterocycles. The number of nitrogens with one attached hydrogen (secondary N) is 2. The molecular weight excluding hydrogens is 378 g/mol. The van der Waals surface area contributed by atoms with E-state index in [0.717, 1.165) is 16.3 Å². The van der Waals surface area contributed by atoms with Gasteiger partial charge in [-0.3, -0.25) is 9.59 Å². The number of fused-ring (bicyclic) bond motifs is 1. The van der Waals surface area contributed by atoms with Gasteiger partial charge in [0, 0.05) is 5.02 Å². The topological polar surface area (TPSA) is 79.8 Å². The average molecular weight is 396 g/mol. The molecule has 0 spiro atoms. The van der Waals surface area contributed by atoms with Crippen LogP contribution in [0.1, 0.15) is 5.56 Å². The minimum absolute atomic E-state index is 0.181. The number of hydrogen-bond donors (Lipinski definition) is 2. The van der Waals surface area contributed by atoms with Crippen LogP contribution in [0.2, 0.25) is 5.02 Å². The fraction of sp³-hybridized carbons (Fsp3) is 0.0952. The molecular formula is C21H18ClN3O3. The van der Waals surface area contributed by atoms with Gasteiger partial charge in [0.25, 0.3) is 11.8 Å². The summed E-state index contributed by atoms with van der Waals surface area (Å²) in [5.41, 5.74) is 3.13. The van der Waals surface area contributed by atoms with Gasteiger partial charge < -0.3 is 10.1 Å². The van der Waals surface area contributed by atoms with Crippen LogP contribution in [0, 0.1) is 0 Å². The molecule has 0 bridgehead atoms. The molecule has 0 heterocycles. The summed E-state index contributed by atoms with van der Waals surface area (Å²) in [6, 6.07) is 20.4. The number of amides is 2. The van der Waals surface area contributed by atoms with Crippen molar-refractivity contribution in [1.82, 2.24) is 10.7 Å². The molecule has 3 aromatic rings. The highest BCUT2D eigenvalue weighted by atomic mass is 35.5. The zero-order valence-corrected chi connectivity index (χ0v) is 15.6. The normalized spacial score (nSPS) is 10.8. The van der Waals surface area contributed by atoms with E-state index in [1.165, 1.54) is 6.21 Å². The number of hydrazone groups is 1. The lowest BCUT2D eigenvalue weighted by molar-refractivity contribution is -0.127. The molecule has 0 aliphatic rings. The molecule has 0 aliphatic carbocycles. The summed E-state index contributed by atoms with van der Waals surface area (Å²) in [5, 5.41) is 9.04. The summed E-state index contributed by atoms with van der Waals surface area (Å²) in [6.45, 7) is -0.377. The molecule has 0 saturated carbocycles. The molecule has 7 heteroatoms. The Morgan fingerprint density at radius 1 is 0.964 bits per heavy atom. The fourth-order valence-corrected chi connectivity index (χ4v) is 2.53. The number of carbonyl (C=O) groups is 2. The molecule has 3 aromatic carbocycles. The molecule has 0 aliphatic heterocycles. The Kier molecular flexibility index (Phi) is 6.59. The van der Waals surface area contributed by atoms with Gasteiger partial charge in [-0.15, -0.1) is 0 Å². The summed E-state index contributed by atoms with van der Waals surface area (Å²) in [5.74, 6) is -0.250.